The summed E-state index contributed by atoms with van der Waals surface area (Å²) in [5.41, 5.74) is 1.39. The Labute approximate surface area is 235 Å². The Morgan fingerprint density at radius 1 is 0.811 bits per heavy atom. The van der Waals surface area contributed by atoms with Crippen molar-refractivity contribution < 1.29 is 5.71 Å². The largest absolute Gasteiger partial charge is 0.344 e. The Morgan fingerprint density at radius 2 is 1.46 bits per heavy atom. The molecule has 3 aliphatic rings. The van der Waals surface area contributed by atoms with E-state index in [1.54, 1.807) is 0 Å². The summed E-state index contributed by atoms with van der Waals surface area (Å²) >= 11 is 0. The summed E-state index contributed by atoms with van der Waals surface area (Å²) < 4.78 is 0. The zero-order valence-corrected chi connectivity index (χ0v) is 23.7. The third-order valence-electron chi connectivity index (χ3n) is 7.60. The standard InChI is InChI=1S/C26H38N6.ClH.4H3N.4H2/c1-30(23-15-18-31(20-23)19-21-11-5-2-6-12-21)25-27-24(22-13-7-3-8-14-22)28-26(29-25)32-16-9-4-10-17-32;;;;;;;;;/h2,5-6,11-12,22-23H,3-4,7-10,13-20H2,1H3;1H;4*1H3;4*1H. The van der Waals surface area contributed by atoms with Crippen LogP contribution in [0.4, 0.5) is 11.9 Å². The molecule has 2 aliphatic heterocycles. The lowest BCUT2D eigenvalue weighted by Crippen LogP contribution is -2.37. The number of halogens is 1. The molecule has 10 nitrogen and oxygen atoms in total. The van der Waals surface area contributed by atoms with Crippen molar-refractivity contribution in [1.29, 1.82) is 0 Å². The maximum Gasteiger partial charge on any atom is 0.230 e. The van der Waals surface area contributed by atoms with Gasteiger partial charge >= 0.3 is 0 Å². The Balaban J connectivity index is -0.000000480. The first kappa shape index (κ1) is 34.9. The molecule has 1 unspecified atom stereocenters. The van der Waals surface area contributed by atoms with Crippen LogP contribution in [0, 0.1) is 0 Å². The van der Waals surface area contributed by atoms with E-state index < -0.39 is 0 Å². The lowest BCUT2D eigenvalue weighted by molar-refractivity contribution is 0.325. The van der Waals surface area contributed by atoms with Gasteiger partial charge in [-0.05, 0) is 44.1 Å². The molecule has 1 aliphatic carbocycles. The maximum absolute atomic E-state index is 5.06. The molecule has 12 N–H and O–H groups in total. The molecule has 220 valence electrons. The van der Waals surface area contributed by atoms with E-state index in [9.17, 15) is 0 Å². The third-order valence-corrected chi connectivity index (χ3v) is 7.60. The number of hydrogen-bond donors (Lipinski definition) is 4. The Bertz CT molecular complexity index is 858. The van der Waals surface area contributed by atoms with E-state index in [0.717, 1.165) is 56.9 Å². The molecule has 11 heteroatoms. The van der Waals surface area contributed by atoms with Crippen molar-refractivity contribution in [3.05, 3.63) is 41.7 Å². The number of anilines is 2. The second-order valence-electron chi connectivity index (χ2n) is 9.95. The first-order valence-electron chi connectivity index (χ1n) is 12.8. The van der Waals surface area contributed by atoms with Gasteiger partial charge in [-0.25, -0.2) is 0 Å². The fraction of sp³-hybridized carbons (Fsp3) is 0.654. The van der Waals surface area contributed by atoms with Crippen molar-refractivity contribution in [2.45, 2.75) is 76.3 Å². The predicted octanol–water partition coefficient (Wildman–Crippen LogP) is 6.67. The highest BCUT2D eigenvalue weighted by molar-refractivity contribution is 5.85. The molecule has 1 saturated carbocycles. The minimum absolute atomic E-state index is 0. The predicted molar refractivity (Wildman–Crippen MR) is 166 cm³/mol. The van der Waals surface area contributed by atoms with Gasteiger partial charge in [-0.1, -0.05) is 49.6 Å². The van der Waals surface area contributed by atoms with Crippen LogP contribution in [0.1, 0.15) is 80.8 Å². The van der Waals surface area contributed by atoms with Crippen LogP contribution in [0.3, 0.4) is 0 Å². The first-order valence-corrected chi connectivity index (χ1v) is 12.8. The Morgan fingerprint density at radius 3 is 2.14 bits per heavy atom. The quantitative estimate of drug-likeness (QED) is 0.304. The van der Waals surface area contributed by atoms with E-state index in [1.807, 2.05) is 0 Å². The molecule has 37 heavy (non-hydrogen) atoms. The maximum atomic E-state index is 5.06. The number of likely N-dealkylation sites (N-methyl/N-ethyl adjacent to an activating group) is 1. The SMILES string of the molecule is CN(c1nc(C2CCCCC2)nc(N2CCCCC2)n1)C1CCN(Cc2ccccc2)C1.Cl.N.N.N.N.[HH].[HH].[HH].[HH]. The second kappa shape index (κ2) is 16.7. The van der Waals surface area contributed by atoms with Crippen LogP contribution in [0.25, 0.3) is 0 Å². The lowest BCUT2D eigenvalue weighted by Gasteiger charge is -2.30. The molecule has 2 saturated heterocycles. The van der Waals surface area contributed by atoms with Crippen LogP contribution in [-0.2, 0) is 6.54 Å². The minimum Gasteiger partial charge on any atom is -0.344 e. The van der Waals surface area contributed by atoms with Gasteiger partial charge in [-0.2, -0.15) is 15.0 Å². The zero-order chi connectivity index (χ0) is 21.8. The highest BCUT2D eigenvalue weighted by Gasteiger charge is 2.29. The van der Waals surface area contributed by atoms with Crippen molar-refractivity contribution in [1.82, 2.24) is 44.5 Å². The molecule has 0 radical (unpaired) electrons. The van der Waals surface area contributed by atoms with Crippen molar-refractivity contribution >= 4 is 24.3 Å². The van der Waals surface area contributed by atoms with Gasteiger partial charge in [0.05, 0.1) is 0 Å². The summed E-state index contributed by atoms with van der Waals surface area (Å²) in [5.74, 6) is 3.34. The van der Waals surface area contributed by atoms with Crippen molar-refractivity contribution in [3.63, 3.8) is 0 Å². The molecule has 0 amide bonds. The van der Waals surface area contributed by atoms with Gasteiger partial charge in [0.25, 0.3) is 0 Å². The fourth-order valence-corrected chi connectivity index (χ4v) is 5.58. The van der Waals surface area contributed by atoms with E-state index in [2.05, 4.69) is 52.1 Å². The average Bonchev–Trinajstić information content (AvgIpc) is 3.33. The van der Waals surface area contributed by atoms with Gasteiger partial charge in [-0.3, -0.25) is 4.90 Å². The van der Waals surface area contributed by atoms with Gasteiger partial charge < -0.3 is 34.4 Å². The summed E-state index contributed by atoms with van der Waals surface area (Å²) in [7, 11) is 2.19. The van der Waals surface area contributed by atoms with Crippen LogP contribution >= 0.6 is 12.4 Å². The number of aromatic nitrogens is 3. The first-order chi connectivity index (χ1) is 15.8. The molecule has 0 bridgehead atoms. The molecule has 5 rings (SSSR count). The summed E-state index contributed by atoms with van der Waals surface area (Å²) in [6.07, 6.45) is 11.4. The topological polar surface area (TPSA) is 188 Å². The van der Waals surface area contributed by atoms with Crippen LogP contribution in [0.5, 0.6) is 0 Å². The number of benzene rings is 1. The van der Waals surface area contributed by atoms with Crippen molar-refractivity contribution in [2.75, 3.05) is 43.0 Å². The highest BCUT2D eigenvalue weighted by atomic mass is 35.5. The van der Waals surface area contributed by atoms with Gasteiger partial charge in [0, 0.05) is 57.4 Å². The molecular weight excluding hydrogens is 488 g/mol. The van der Waals surface area contributed by atoms with Crippen molar-refractivity contribution in [3.8, 4) is 0 Å². The highest BCUT2D eigenvalue weighted by Crippen LogP contribution is 2.33. The third kappa shape index (κ3) is 8.73. The van der Waals surface area contributed by atoms with Crippen LogP contribution in [0.2, 0.25) is 0 Å². The number of hydrogen-bond acceptors (Lipinski definition) is 10. The van der Waals surface area contributed by atoms with Gasteiger partial charge in [0.15, 0.2) is 0 Å². The number of likely N-dealkylation sites (tertiary alicyclic amines) is 1. The second-order valence-corrected chi connectivity index (χ2v) is 9.95. The summed E-state index contributed by atoms with van der Waals surface area (Å²) in [5, 5.41) is 0. The molecule has 3 heterocycles. The lowest BCUT2D eigenvalue weighted by atomic mass is 9.89. The van der Waals surface area contributed by atoms with E-state index in [1.165, 1.54) is 56.9 Å². The number of piperidine rings is 1. The summed E-state index contributed by atoms with van der Waals surface area (Å²) in [4.78, 5) is 22.4. The normalized spacial score (nSPS) is 19.8. The monoisotopic (exact) mass is 546 g/mol. The van der Waals surface area contributed by atoms with Crippen LogP contribution in [-0.4, -0.2) is 59.1 Å². The Hall–Kier alpha value is -2.08. The Kier molecular flexibility index (Phi) is 15.8. The molecule has 1 atom stereocenters. The summed E-state index contributed by atoms with van der Waals surface area (Å²) in [6, 6.07) is 11.3. The van der Waals surface area contributed by atoms with Gasteiger partial charge in [-0.15, -0.1) is 12.4 Å². The smallest absolute Gasteiger partial charge is 0.230 e. The number of nitrogens with zero attached hydrogens (tertiary/aromatic N) is 6. The zero-order valence-electron chi connectivity index (χ0n) is 22.9. The van der Waals surface area contributed by atoms with Crippen molar-refractivity contribution in [2.24, 2.45) is 0 Å². The van der Waals surface area contributed by atoms with Gasteiger partial charge in [0.1, 0.15) is 5.82 Å². The molecule has 1 aromatic heterocycles. The molecule has 0 spiro atoms. The van der Waals surface area contributed by atoms with E-state index >= 15 is 0 Å². The fourth-order valence-electron chi connectivity index (χ4n) is 5.58. The molecule has 2 aromatic rings. The van der Waals surface area contributed by atoms with E-state index in [4.69, 9.17) is 15.0 Å². The average molecular weight is 547 g/mol. The van der Waals surface area contributed by atoms with Crippen LogP contribution < -0.4 is 34.4 Å². The van der Waals surface area contributed by atoms with Crippen LogP contribution in [0.15, 0.2) is 30.3 Å². The molecule has 1 aromatic carbocycles. The van der Waals surface area contributed by atoms with E-state index in [0.29, 0.717) is 12.0 Å². The van der Waals surface area contributed by atoms with E-state index in [-0.39, 0.29) is 42.7 Å². The number of rotatable bonds is 6. The molecule has 3 fully saturated rings. The van der Waals surface area contributed by atoms with Gasteiger partial charge in [0.2, 0.25) is 11.9 Å². The summed E-state index contributed by atoms with van der Waals surface area (Å²) in [6.45, 7) is 5.37. The minimum atomic E-state index is 0. The molecular formula is C26H59ClN10.